The van der Waals surface area contributed by atoms with Gasteiger partial charge in [-0.2, -0.15) is 0 Å². The molecule has 0 saturated heterocycles. The van der Waals surface area contributed by atoms with Crippen molar-refractivity contribution in [3.8, 4) is 0 Å². The summed E-state index contributed by atoms with van der Waals surface area (Å²) in [5.74, 6) is 0.432. The molecule has 0 amide bonds. The molecule has 0 aliphatic carbocycles. The second-order valence-electron chi connectivity index (χ2n) is 3.71. The minimum atomic E-state index is 0.432. The highest BCUT2D eigenvalue weighted by Crippen LogP contribution is 2.26. The fourth-order valence-electron chi connectivity index (χ4n) is 1.42. The zero-order chi connectivity index (χ0) is 10.3. The van der Waals surface area contributed by atoms with E-state index in [0.717, 1.165) is 10.7 Å². The normalized spacial score (nSPS) is 13.7. The molecule has 3 nitrogen and oxygen atoms in total. The van der Waals surface area contributed by atoms with Crippen molar-refractivity contribution in [3.05, 3.63) is 22.5 Å². The smallest absolute Gasteiger partial charge is 0.194 e. The van der Waals surface area contributed by atoms with Gasteiger partial charge in [-0.1, -0.05) is 6.92 Å². The molecule has 0 bridgehead atoms. The molecule has 2 aromatic heterocycles. The largest absolute Gasteiger partial charge is 0.330 e. The number of rotatable bonds is 2. The molecule has 1 atom stereocenters. The Morgan fingerprint density at radius 1 is 1.57 bits per heavy atom. The molecule has 2 N–H and O–H groups in total. The van der Waals surface area contributed by atoms with E-state index in [2.05, 4.69) is 29.4 Å². The van der Waals surface area contributed by atoms with Crippen LogP contribution in [0.15, 0.2) is 6.20 Å². The van der Waals surface area contributed by atoms with Gasteiger partial charge in [-0.15, -0.1) is 11.3 Å². The van der Waals surface area contributed by atoms with Gasteiger partial charge in [0, 0.05) is 22.7 Å². The van der Waals surface area contributed by atoms with Gasteiger partial charge < -0.3 is 5.73 Å². The summed E-state index contributed by atoms with van der Waals surface area (Å²) < 4.78 is 2.15. The SMILES string of the molecule is Cc1nc2sc(C(C)CN)cn2c1C. The maximum Gasteiger partial charge on any atom is 0.194 e. The standard InChI is InChI=1S/C10H15N3S/c1-6(4-11)9-5-13-8(3)7(2)12-10(13)14-9/h5-6H,4,11H2,1-3H3. The average Bonchev–Trinajstić information content (AvgIpc) is 2.68. The minimum absolute atomic E-state index is 0.432. The third-order valence-corrected chi connectivity index (χ3v) is 3.87. The Kier molecular flexibility index (Phi) is 2.33. The van der Waals surface area contributed by atoms with Gasteiger partial charge in [-0.3, -0.25) is 4.40 Å². The first-order chi connectivity index (χ1) is 6.63. The van der Waals surface area contributed by atoms with E-state index >= 15 is 0 Å². The third kappa shape index (κ3) is 1.35. The molecule has 0 radical (unpaired) electrons. The van der Waals surface area contributed by atoms with Crippen LogP contribution in [0.1, 0.15) is 29.1 Å². The Labute approximate surface area is 87.6 Å². The number of aryl methyl sites for hydroxylation is 2. The van der Waals surface area contributed by atoms with Crippen molar-refractivity contribution in [2.45, 2.75) is 26.7 Å². The Morgan fingerprint density at radius 2 is 2.29 bits per heavy atom. The summed E-state index contributed by atoms with van der Waals surface area (Å²) in [4.78, 5) is 6.89. The number of fused-ring (bicyclic) bond motifs is 1. The van der Waals surface area contributed by atoms with Crippen LogP contribution in [0.3, 0.4) is 0 Å². The second-order valence-corrected chi connectivity index (χ2v) is 4.75. The van der Waals surface area contributed by atoms with E-state index in [9.17, 15) is 0 Å². The number of thiazole rings is 1. The Balaban J connectivity index is 2.53. The highest BCUT2D eigenvalue weighted by atomic mass is 32.1. The summed E-state index contributed by atoms with van der Waals surface area (Å²) in [6.07, 6.45) is 2.16. The van der Waals surface area contributed by atoms with Gasteiger partial charge in [0.05, 0.1) is 5.69 Å². The number of aromatic nitrogens is 2. The molecular weight excluding hydrogens is 194 g/mol. The van der Waals surface area contributed by atoms with Gasteiger partial charge in [-0.05, 0) is 20.4 Å². The van der Waals surface area contributed by atoms with E-state index < -0.39 is 0 Å². The van der Waals surface area contributed by atoms with Crippen LogP contribution >= 0.6 is 11.3 Å². The van der Waals surface area contributed by atoms with E-state index in [-0.39, 0.29) is 0 Å². The van der Waals surface area contributed by atoms with Crippen molar-refractivity contribution < 1.29 is 0 Å². The second kappa shape index (κ2) is 3.37. The van der Waals surface area contributed by atoms with Gasteiger partial charge in [0.15, 0.2) is 4.96 Å². The predicted molar refractivity (Wildman–Crippen MR) is 60.0 cm³/mol. The van der Waals surface area contributed by atoms with E-state index in [1.807, 2.05) is 6.92 Å². The fraction of sp³-hybridized carbons (Fsp3) is 0.500. The molecule has 0 aliphatic rings. The molecule has 76 valence electrons. The van der Waals surface area contributed by atoms with Crippen molar-refractivity contribution in [3.63, 3.8) is 0 Å². The van der Waals surface area contributed by atoms with E-state index in [0.29, 0.717) is 12.5 Å². The van der Waals surface area contributed by atoms with Crippen LogP contribution in [0.5, 0.6) is 0 Å². The maximum atomic E-state index is 5.64. The number of nitrogens with two attached hydrogens (primary N) is 1. The lowest BCUT2D eigenvalue weighted by molar-refractivity contribution is 0.785. The van der Waals surface area contributed by atoms with Crippen molar-refractivity contribution >= 4 is 16.3 Å². The quantitative estimate of drug-likeness (QED) is 0.823. The number of hydrogen-bond acceptors (Lipinski definition) is 3. The Hall–Kier alpha value is -0.870. The summed E-state index contributed by atoms with van der Waals surface area (Å²) in [6, 6.07) is 0. The minimum Gasteiger partial charge on any atom is -0.330 e. The van der Waals surface area contributed by atoms with Crippen molar-refractivity contribution in [1.82, 2.24) is 9.38 Å². The first-order valence-corrected chi connectivity index (χ1v) is 5.60. The molecule has 2 aromatic rings. The van der Waals surface area contributed by atoms with Crippen molar-refractivity contribution in [1.29, 1.82) is 0 Å². The lowest BCUT2D eigenvalue weighted by atomic mass is 10.1. The summed E-state index contributed by atoms with van der Waals surface area (Å²) in [5, 5.41) is 0. The molecule has 14 heavy (non-hydrogen) atoms. The molecular formula is C10H15N3S. The zero-order valence-corrected chi connectivity index (χ0v) is 9.56. The molecule has 0 aromatic carbocycles. The molecule has 4 heteroatoms. The Bertz CT molecular complexity index is 455. The fourth-order valence-corrected chi connectivity index (χ4v) is 2.56. The summed E-state index contributed by atoms with van der Waals surface area (Å²) >= 11 is 1.74. The van der Waals surface area contributed by atoms with Gasteiger partial charge in [0.1, 0.15) is 0 Å². The van der Waals surface area contributed by atoms with E-state index in [1.165, 1.54) is 10.6 Å². The van der Waals surface area contributed by atoms with Crippen LogP contribution in [-0.4, -0.2) is 15.9 Å². The van der Waals surface area contributed by atoms with Crippen LogP contribution < -0.4 is 5.73 Å². The highest BCUT2D eigenvalue weighted by molar-refractivity contribution is 7.17. The van der Waals surface area contributed by atoms with E-state index in [4.69, 9.17) is 5.73 Å². The molecule has 0 spiro atoms. The van der Waals surface area contributed by atoms with Gasteiger partial charge >= 0.3 is 0 Å². The summed E-state index contributed by atoms with van der Waals surface area (Å²) in [6.45, 7) is 6.98. The van der Waals surface area contributed by atoms with E-state index in [1.54, 1.807) is 11.3 Å². The zero-order valence-electron chi connectivity index (χ0n) is 8.74. The monoisotopic (exact) mass is 209 g/mol. The number of nitrogens with zero attached hydrogens (tertiary/aromatic N) is 2. The maximum absolute atomic E-state index is 5.64. The molecule has 0 aliphatic heterocycles. The Morgan fingerprint density at radius 3 is 2.86 bits per heavy atom. The first-order valence-electron chi connectivity index (χ1n) is 4.78. The van der Waals surface area contributed by atoms with Crippen LogP contribution in [0, 0.1) is 13.8 Å². The number of imidazole rings is 1. The van der Waals surface area contributed by atoms with Crippen molar-refractivity contribution in [2.24, 2.45) is 5.73 Å². The molecule has 0 fully saturated rings. The highest BCUT2D eigenvalue weighted by Gasteiger charge is 2.11. The molecule has 0 saturated carbocycles. The van der Waals surface area contributed by atoms with Gasteiger partial charge in [-0.25, -0.2) is 4.98 Å². The lowest BCUT2D eigenvalue weighted by Gasteiger charge is -2.02. The van der Waals surface area contributed by atoms with Crippen LogP contribution in [0.4, 0.5) is 0 Å². The molecule has 2 rings (SSSR count). The predicted octanol–water partition coefficient (Wildman–Crippen LogP) is 2.07. The molecule has 1 unspecified atom stereocenters. The lowest BCUT2D eigenvalue weighted by Crippen LogP contribution is -2.07. The third-order valence-electron chi connectivity index (χ3n) is 2.66. The van der Waals surface area contributed by atoms with Gasteiger partial charge in [0.2, 0.25) is 0 Å². The van der Waals surface area contributed by atoms with Crippen LogP contribution in [0.25, 0.3) is 4.96 Å². The molecule has 2 heterocycles. The van der Waals surface area contributed by atoms with Gasteiger partial charge in [0.25, 0.3) is 0 Å². The average molecular weight is 209 g/mol. The van der Waals surface area contributed by atoms with Crippen LogP contribution in [0.2, 0.25) is 0 Å². The van der Waals surface area contributed by atoms with Crippen molar-refractivity contribution in [2.75, 3.05) is 6.54 Å². The summed E-state index contributed by atoms with van der Waals surface area (Å²) in [7, 11) is 0. The van der Waals surface area contributed by atoms with Crippen LogP contribution in [-0.2, 0) is 0 Å². The summed E-state index contributed by atoms with van der Waals surface area (Å²) in [5.41, 5.74) is 7.98. The number of hydrogen-bond donors (Lipinski definition) is 1. The topological polar surface area (TPSA) is 43.3 Å². The first kappa shape index (κ1) is 9.68.